The first-order valence-electron chi connectivity index (χ1n) is 5.85. The maximum atomic E-state index is 13.7. The Morgan fingerprint density at radius 1 is 1.56 bits per heavy atom. The van der Waals surface area contributed by atoms with Crippen molar-refractivity contribution in [2.45, 2.75) is 26.0 Å². The fraction of sp³-hybridized carbons (Fsp3) is 0.462. The van der Waals surface area contributed by atoms with Crippen LogP contribution in [-0.2, 0) is 6.54 Å². The van der Waals surface area contributed by atoms with E-state index < -0.39 is 11.7 Å². The zero-order valence-corrected chi connectivity index (χ0v) is 10.7. The molecule has 1 aromatic carbocycles. The number of nitrogens with two attached hydrogens (primary N) is 1. The minimum Gasteiger partial charge on any atom is -0.393 e. The van der Waals surface area contributed by atoms with E-state index in [9.17, 15) is 9.18 Å². The molecule has 0 bridgehead atoms. The number of hydrogen-bond acceptors (Lipinski definition) is 3. The number of aliphatic hydroxyl groups is 1. The van der Waals surface area contributed by atoms with E-state index in [1.165, 1.54) is 6.07 Å². The van der Waals surface area contributed by atoms with Gasteiger partial charge in [0.1, 0.15) is 5.82 Å². The van der Waals surface area contributed by atoms with Crippen LogP contribution in [0.2, 0.25) is 0 Å². The van der Waals surface area contributed by atoms with Gasteiger partial charge >= 0.3 is 0 Å². The number of halogens is 1. The molecule has 0 aromatic heterocycles. The molecule has 0 spiro atoms. The van der Waals surface area contributed by atoms with Gasteiger partial charge < -0.3 is 15.7 Å². The Kier molecular flexibility index (Phi) is 5.25. The Hall–Kier alpha value is -1.46. The Labute approximate surface area is 106 Å². The number of hydrogen-bond donors (Lipinski definition) is 2. The summed E-state index contributed by atoms with van der Waals surface area (Å²) >= 11 is 0. The molecule has 0 saturated heterocycles. The second-order valence-corrected chi connectivity index (χ2v) is 4.55. The van der Waals surface area contributed by atoms with Crippen molar-refractivity contribution in [3.05, 3.63) is 35.1 Å². The van der Waals surface area contributed by atoms with Crippen molar-refractivity contribution in [1.82, 2.24) is 4.90 Å². The molecule has 0 aliphatic carbocycles. The number of benzene rings is 1. The predicted molar refractivity (Wildman–Crippen MR) is 67.5 cm³/mol. The lowest BCUT2D eigenvalue weighted by atomic mass is 10.1. The maximum absolute atomic E-state index is 13.7. The van der Waals surface area contributed by atoms with Gasteiger partial charge in [0.25, 0.3) is 0 Å². The molecule has 0 aliphatic rings. The Balaban J connectivity index is 2.64. The van der Waals surface area contributed by atoms with Gasteiger partial charge in [0, 0.05) is 24.2 Å². The lowest BCUT2D eigenvalue weighted by molar-refractivity contribution is 0.0999. The Morgan fingerprint density at radius 2 is 2.22 bits per heavy atom. The molecule has 100 valence electrons. The van der Waals surface area contributed by atoms with Crippen molar-refractivity contribution in [3.63, 3.8) is 0 Å². The van der Waals surface area contributed by atoms with Crippen molar-refractivity contribution < 1.29 is 14.3 Å². The SMILES string of the molecule is CC(O)CCN(C)Cc1ccc(C(N)=O)cc1F. The van der Waals surface area contributed by atoms with Gasteiger partial charge in [0.05, 0.1) is 6.10 Å². The molecule has 1 amide bonds. The van der Waals surface area contributed by atoms with Crippen LogP contribution in [0.25, 0.3) is 0 Å². The van der Waals surface area contributed by atoms with Crippen LogP contribution in [0.4, 0.5) is 4.39 Å². The average molecular weight is 254 g/mol. The number of amides is 1. The van der Waals surface area contributed by atoms with Crippen molar-refractivity contribution in [1.29, 1.82) is 0 Å². The van der Waals surface area contributed by atoms with Crippen LogP contribution in [0.3, 0.4) is 0 Å². The molecule has 3 N–H and O–H groups in total. The molecule has 1 unspecified atom stereocenters. The summed E-state index contributed by atoms with van der Waals surface area (Å²) in [5, 5.41) is 9.17. The van der Waals surface area contributed by atoms with Crippen molar-refractivity contribution in [2.24, 2.45) is 5.73 Å². The number of carbonyl (C=O) groups excluding carboxylic acids is 1. The van der Waals surface area contributed by atoms with Gasteiger partial charge in [-0.25, -0.2) is 4.39 Å². The summed E-state index contributed by atoms with van der Waals surface area (Å²) in [6, 6.07) is 4.23. The smallest absolute Gasteiger partial charge is 0.248 e. The van der Waals surface area contributed by atoms with Gasteiger partial charge in [0.2, 0.25) is 5.91 Å². The van der Waals surface area contributed by atoms with Crippen molar-refractivity contribution >= 4 is 5.91 Å². The minimum absolute atomic E-state index is 0.169. The summed E-state index contributed by atoms with van der Waals surface area (Å²) < 4.78 is 13.7. The lowest BCUT2D eigenvalue weighted by Crippen LogP contribution is -2.22. The van der Waals surface area contributed by atoms with Crippen LogP contribution in [0.5, 0.6) is 0 Å². The summed E-state index contributed by atoms with van der Waals surface area (Å²) in [4.78, 5) is 12.8. The third kappa shape index (κ3) is 4.43. The standard InChI is InChI=1S/C13H19FN2O2/c1-9(17)5-6-16(2)8-11-4-3-10(13(15)18)7-12(11)14/h3-4,7,9,17H,5-6,8H2,1-2H3,(H2,15,18). The number of rotatable bonds is 6. The van der Waals surface area contributed by atoms with Crippen LogP contribution in [0, 0.1) is 5.82 Å². The molecule has 1 atom stereocenters. The van der Waals surface area contributed by atoms with Crippen LogP contribution in [0.1, 0.15) is 29.3 Å². The topological polar surface area (TPSA) is 66.6 Å². The molecular formula is C13H19FN2O2. The fourth-order valence-electron chi connectivity index (χ4n) is 1.61. The highest BCUT2D eigenvalue weighted by Crippen LogP contribution is 2.12. The summed E-state index contributed by atoms with van der Waals surface area (Å²) in [5.41, 5.74) is 5.75. The Morgan fingerprint density at radius 3 is 2.72 bits per heavy atom. The highest BCUT2D eigenvalue weighted by Gasteiger charge is 2.09. The number of carbonyl (C=O) groups is 1. The quantitative estimate of drug-likeness (QED) is 0.799. The summed E-state index contributed by atoms with van der Waals surface area (Å²) in [5.74, 6) is -1.07. The van der Waals surface area contributed by atoms with E-state index in [1.807, 2.05) is 11.9 Å². The van der Waals surface area contributed by atoms with Gasteiger partial charge in [-0.2, -0.15) is 0 Å². The molecule has 0 aliphatic heterocycles. The summed E-state index contributed by atoms with van der Waals surface area (Å²) in [7, 11) is 1.85. The zero-order chi connectivity index (χ0) is 13.7. The molecule has 1 aromatic rings. The molecule has 5 heteroatoms. The van der Waals surface area contributed by atoms with Crippen LogP contribution >= 0.6 is 0 Å². The molecule has 0 radical (unpaired) electrons. The zero-order valence-electron chi connectivity index (χ0n) is 10.7. The highest BCUT2D eigenvalue weighted by molar-refractivity contribution is 5.92. The van der Waals surface area contributed by atoms with Gasteiger partial charge in [-0.15, -0.1) is 0 Å². The normalized spacial score (nSPS) is 12.7. The first-order valence-corrected chi connectivity index (χ1v) is 5.85. The lowest BCUT2D eigenvalue weighted by Gasteiger charge is -2.18. The third-order valence-electron chi connectivity index (χ3n) is 2.71. The predicted octanol–water partition coefficient (Wildman–Crippen LogP) is 1.13. The summed E-state index contributed by atoms with van der Waals surface area (Å²) in [6.07, 6.45) is 0.270. The highest BCUT2D eigenvalue weighted by atomic mass is 19.1. The van der Waals surface area contributed by atoms with E-state index in [0.29, 0.717) is 25.1 Å². The molecule has 0 heterocycles. The molecular weight excluding hydrogens is 235 g/mol. The number of aliphatic hydroxyl groups excluding tert-OH is 1. The molecule has 0 fully saturated rings. The summed E-state index contributed by atoms with van der Waals surface area (Å²) in [6.45, 7) is 2.82. The van der Waals surface area contributed by atoms with E-state index in [2.05, 4.69) is 0 Å². The largest absolute Gasteiger partial charge is 0.393 e. The second kappa shape index (κ2) is 6.47. The third-order valence-corrected chi connectivity index (χ3v) is 2.71. The van der Waals surface area contributed by atoms with E-state index in [0.717, 1.165) is 6.07 Å². The van der Waals surface area contributed by atoms with E-state index in [1.54, 1.807) is 13.0 Å². The van der Waals surface area contributed by atoms with Crippen LogP contribution in [-0.4, -0.2) is 35.6 Å². The van der Waals surface area contributed by atoms with Gasteiger partial charge in [0.15, 0.2) is 0 Å². The van der Waals surface area contributed by atoms with E-state index in [-0.39, 0.29) is 11.7 Å². The van der Waals surface area contributed by atoms with Crippen molar-refractivity contribution in [3.8, 4) is 0 Å². The first kappa shape index (κ1) is 14.6. The molecule has 4 nitrogen and oxygen atoms in total. The van der Waals surface area contributed by atoms with E-state index in [4.69, 9.17) is 10.8 Å². The number of primary amides is 1. The van der Waals surface area contributed by atoms with Crippen molar-refractivity contribution in [2.75, 3.05) is 13.6 Å². The monoisotopic (exact) mass is 254 g/mol. The fourth-order valence-corrected chi connectivity index (χ4v) is 1.61. The van der Waals surface area contributed by atoms with Crippen LogP contribution in [0.15, 0.2) is 18.2 Å². The van der Waals surface area contributed by atoms with Gasteiger partial charge in [-0.3, -0.25) is 4.79 Å². The second-order valence-electron chi connectivity index (χ2n) is 4.55. The van der Waals surface area contributed by atoms with Gasteiger partial charge in [-0.1, -0.05) is 6.07 Å². The molecule has 0 saturated carbocycles. The molecule has 18 heavy (non-hydrogen) atoms. The van der Waals surface area contributed by atoms with Crippen LogP contribution < -0.4 is 5.73 Å². The van der Waals surface area contributed by atoms with E-state index >= 15 is 0 Å². The molecule has 1 rings (SSSR count). The average Bonchev–Trinajstić information content (AvgIpc) is 2.29. The van der Waals surface area contributed by atoms with Gasteiger partial charge in [-0.05, 0) is 32.5 Å². The number of nitrogens with zero attached hydrogens (tertiary/aromatic N) is 1. The first-order chi connectivity index (χ1) is 8.40. The minimum atomic E-state index is -0.636. The Bertz CT molecular complexity index is 421. The maximum Gasteiger partial charge on any atom is 0.248 e.